The Morgan fingerprint density at radius 2 is 1.37 bits per heavy atom. The fourth-order valence-corrected chi connectivity index (χ4v) is 2.82. The molecule has 0 bridgehead atoms. The molecule has 0 amide bonds. The summed E-state index contributed by atoms with van der Waals surface area (Å²) < 4.78 is 5.09. The highest BCUT2D eigenvalue weighted by atomic mass is 16.6. The molecule has 0 saturated heterocycles. The molecule has 3 aromatic carbocycles. The van der Waals surface area contributed by atoms with Gasteiger partial charge in [-0.05, 0) is 24.3 Å². The van der Waals surface area contributed by atoms with Crippen LogP contribution in [0.4, 0.5) is 11.4 Å². The topological polar surface area (TPSA) is 130 Å². The predicted octanol–water partition coefficient (Wildman–Crippen LogP) is 4.21. The summed E-state index contributed by atoms with van der Waals surface area (Å²) in [6.07, 6.45) is 0. The third kappa shape index (κ3) is 4.36. The Labute approximate surface area is 169 Å². The summed E-state index contributed by atoms with van der Waals surface area (Å²) in [5.74, 6) is -1.36. The Kier molecular flexibility index (Phi) is 5.92. The molecule has 0 aliphatic rings. The smallest absolute Gasteiger partial charge is 0.339 e. The number of ketones is 1. The summed E-state index contributed by atoms with van der Waals surface area (Å²) in [5, 5.41) is 22.0. The van der Waals surface area contributed by atoms with Gasteiger partial charge >= 0.3 is 5.97 Å². The number of para-hydroxylation sites is 1. The molecule has 0 aromatic heterocycles. The molecule has 9 nitrogen and oxygen atoms in total. The molecule has 0 heterocycles. The van der Waals surface area contributed by atoms with Crippen LogP contribution in [0.2, 0.25) is 0 Å². The number of esters is 1. The molecule has 3 rings (SSSR count). The summed E-state index contributed by atoms with van der Waals surface area (Å²) in [6, 6.07) is 17.1. The molecule has 0 aliphatic heterocycles. The molecule has 0 unspecified atom stereocenters. The van der Waals surface area contributed by atoms with Gasteiger partial charge in [0.25, 0.3) is 11.4 Å². The molecule has 0 saturated carbocycles. The Hall–Kier alpha value is -4.40. The number of nitro benzene ring substituents is 2. The lowest BCUT2D eigenvalue weighted by Crippen LogP contribution is -2.15. The number of Topliss-reactive ketones (excluding diaryl/α,β-unsaturated/α-hetero) is 1. The van der Waals surface area contributed by atoms with Gasteiger partial charge in [0.05, 0.1) is 21.0 Å². The molecule has 0 aliphatic carbocycles. The third-order valence-corrected chi connectivity index (χ3v) is 4.27. The highest BCUT2D eigenvalue weighted by molar-refractivity contribution is 6.02. The van der Waals surface area contributed by atoms with Gasteiger partial charge in [0.2, 0.25) is 0 Å². The minimum absolute atomic E-state index is 0.0725. The van der Waals surface area contributed by atoms with E-state index in [4.69, 9.17) is 4.74 Å². The summed E-state index contributed by atoms with van der Waals surface area (Å²) in [5.41, 5.74) is 0.444. The quantitative estimate of drug-likeness (QED) is 0.249. The lowest BCUT2D eigenvalue weighted by molar-refractivity contribution is -0.384. The van der Waals surface area contributed by atoms with Crippen molar-refractivity contribution in [3.63, 3.8) is 0 Å². The van der Waals surface area contributed by atoms with Gasteiger partial charge in [-0.3, -0.25) is 25.0 Å². The van der Waals surface area contributed by atoms with Crippen molar-refractivity contribution < 1.29 is 24.2 Å². The van der Waals surface area contributed by atoms with E-state index in [-0.39, 0.29) is 28.1 Å². The SMILES string of the molecule is O=C(COC(=O)c1ccccc1-c1ccccc1[N+](=O)[O-])c1ccc([N+](=O)[O-])cc1. The van der Waals surface area contributed by atoms with Crippen molar-refractivity contribution in [3.8, 4) is 11.1 Å². The van der Waals surface area contributed by atoms with Crippen LogP contribution in [0, 0.1) is 20.2 Å². The molecule has 0 fully saturated rings. The van der Waals surface area contributed by atoms with Crippen LogP contribution in [0.5, 0.6) is 0 Å². The zero-order valence-corrected chi connectivity index (χ0v) is 15.4. The first kappa shape index (κ1) is 20.3. The van der Waals surface area contributed by atoms with Crippen molar-refractivity contribution in [1.82, 2.24) is 0 Å². The average molecular weight is 406 g/mol. The van der Waals surface area contributed by atoms with E-state index < -0.39 is 28.2 Å². The van der Waals surface area contributed by atoms with Crippen molar-refractivity contribution >= 4 is 23.1 Å². The van der Waals surface area contributed by atoms with E-state index in [9.17, 15) is 29.8 Å². The van der Waals surface area contributed by atoms with Gasteiger partial charge in [-0.2, -0.15) is 0 Å². The molecular formula is C21H14N2O7. The second kappa shape index (κ2) is 8.74. The number of rotatable bonds is 7. The highest BCUT2D eigenvalue weighted by Gasteiger charge is 2.21. The van der Waals surface area contributed by atoms with E-state index in [1.54, 1.807) is 24.3 Å². The van der Waals surface area contributed by atoms with Crippen molar-refractivity contribution in [2.75, 3.05) is 6.61 Å². The molecular weight excluding hydrogens is 392 g/mol. The van der Waals surface area contributed by atoms with Gasteiger partial charge in [-0.15, -0.1) is 0 Å². The second-order valence-corrected chi connectivity index (χ2v) is 6.12. The molecule has 3 aromatic rings. The normalized spacial score (nSPS) is 10.3. The highest BCUT2D eigenvalue weighted by Crippen LogP contribution is 2.32. The Morgan fingerprint density at radius 3 is 2.00 bits per heavy atom. The van der Waals surface area contributed by atoms with Crippen LogP contribution < -0.4 is 0 Å². The molecule has 0 N–H and O–H groups in total. The molecule has 0 spiro atoms. The van der Waals surface area contributed by atoms with Crippen LogP contribution in [-0.2, 0) is 4.74 Å². The second-order valence-electron chi connectivity index (χ2n) is 6.12. The van der Waals surface area contributed by atoms with Crippen LogP contribution in [-0.4, -0.2) is 28.2 Å². The summed E-state index contributed by atoms with van der Waals surface area (Å²) >= 11 is 0. The maximum Gasteiger partial charge on any atom is 0.339 e. The van der Waals surface area contributed by atoms with E-state index in [0.29, 0.717) is 5.56 Å². The lowest BCUT2D eigenvalue weighted by Gasteiger charge is -2.10. The minimum atomic E-state index is -0.820. The number of nitro groups is 2. The van der Waals surface area contributed by atoms with E-state index in [0.717, 1.165) is 0 Å². The van der Waals surface area contributed by atoms with Crippen LogP contribution in [0.3, 0.4) is 0 Å². The summed E-state index contributed by atoms with van der Waals surface area (Å²) in [6.45, 7) is -0.581. The molecule has 0 atom stereocenters. The van der Waals surface area contributed by atoms with Crippen LogP contribution in [0.1, 0.15) is 20.7 Å². The maximum absolute atomic E-state index is 12.6. The van der Waals surface area contributed by atoms with Crippen LogP contribution in [0.15, 0.2) is 72.8 Å². The summed E-state index contributed by atoms with van der Waals surface area (Å²) in [4.78, 5) is 45.6. The molecule has 150 valence electrons. The number of carbonyl (C=O) groups is 2. The number of hydrogen-bond donors (Lipinski definition) is 0. The van der Waals surface area contributed by atoms with Gasteiger partial charge in [-0.1, -0.05) is 30.3 Å². The van der Waals surface area contributed by atoms with E-state index in [1.165, 1.54) is 48.5 Å². The van der Waals surface area contributed by atoms with Crippen LogP contribution >= 0.6 is 0 Å². The van der Waals surface area contributed by atoms with Crippen molar-refractivity contribution in [1.29, 1.82) is 0 Å². The summed E-state index contributed by atoms with van der Waals surface area (Å²) in [7, 11) is 0. The monoisotopic (exact) mass is 406 g/mol. The van der Waals surface area contributed by atoms with Gasteiger partial charge in [0, 0.05) is 29.3 Å². The number of non-ortho nitro benzene ring substituents is 1. The fraction of sp³-hybridized carbons (Fsp3) is 0.0476. The molecule has 9 heteroatoms. The van der Waals surface area contributed by atoms with Crippen molar-refractivity contribution in [2.24, 2.45) is 0 Å². The fourth-order valence-electron chi connectivity index (χ4n) is 2.82. The van der Waals surface area contributed by atoms with Crippen LogP contribution in [0.25, 0.3) is 11.1 Å². The van der Waals surface area contributed by atoms with E-state index in [2.05, 4.69) is 0 Å². The Balaban J connectivity index is 1.79. The first-order valence-corrected chi connectivity index (χ1v) is 8.66. The number of benzene rings is 3. The first-order valence-electron chi connectivity index (χ1n) is 8.66. The third-order valence-electron chi connectivity index (χ3n) is 4.27. The first-order chi connectivity index (χ1) is 14.4. The maximum atomic E-state index is 12.6. The Morgan fingerprint density at radius 1 is 0.767 bits per heavy atom. The number of hydrogen-bond acceptors (Lipinski definition) is 7. The van der Waals surface area contributed by atoms with Crippen molar-refractivity contribution in [3.05, 3.63) is 104 Å². The van der Waals surface area contributed by atoms with E-state index in [1.807, 2.05) is 0 Å². The minimum Gasteiger partial charge on any atom is -0.454 e. The molecule has 0 radical (unpaired) electrons. The zero-order chi connectivity index (χ0) is 21.7. The van der Waals surface area contributed by atoms with Gasteiger partial charge < -0.3 is 4.74 Å². The molecule has 30 heavy (non-hydrogen) atoms. The average Bonchev–Trinajstić information content (AvgIpc) is 2.77. The Bertz CT molecular complexity index is 1140. The van der Waals surface area contributed by atoms with E-state index >= 15 is 0 Å². The standard InChI is InChI=1S/C21H14N2O7/c24-20(14-9-11-15(12-10-14)22(26)27)13-30-21(25)18-7-2-1-5-16(18)17-6-3-4-8-19(17)23(28)29/h1-12H,13H2. The van der Waals surface area contributed by atoms with Crippen molar-refractivity contribution in [2.45, 2.75) is 0 Å². The number of nitrogens with zero attached hydrogens (tertiary/aromatic N) is 2. The van der Waals surface area contributed by atoms with Gasteiger partial charge in [0.1, 0.15) is 0 Å². The predicted molar refractivity (Wildman–Crippen MR) is 106 cm³/mol. The van der Waals surface area contributed by atoms with Gasteiger partial charge in [0.15, 0.2) is 12.4 Å². The number of ether oxygens (including phenoxy) is 1. The lowest BCUT2D eigenvalue weighted by atomic mass is 9.98. The largest absolute Gasteiger partial charge is 0.454 e. The van der Waals surface area contributed by atoms with Gasteiger partial charge in [-0.25, -0.2) is 4.79 Å². The number of carbonyl (C=O) groups excluding carboxylic acids is 2. The zero-order valence-electron chi connectivity index (χ0n) is 15.4.